The number of aryl methyl sites for hydroxylation is 1. The van der Waals surface area contributed by atoms with Crippen LogP contribution >= 0.6 is 0 Å². The SMILES string of the molecule is CCOC(=O)C1CCc2cc([N+](=O)[O-])ccc2C1. The van der Waals surface area contributed by atoms with Crippen molar-refractivity contribution in [3.63, 3.8) is 0 Å². The molecule has 0 N–H and O–H groups in total. The van der Waals surface area contributed by atoms with Crippen LogP contribution < -0.4 is 0 Å². The number of fused-ring (bicyclic) bond motifs is 1. The third-order valence-electron chi connectivity index (χ3n) is 3.25. The van der Waals surface area contributed by atoms with Crippen LogP contribution in [-0.2, 0) is 22.4 Å². The van der Waals surface area contributed by atoms with E-state index in [1.54, 1.807) is 19.1 Å². The summed E-state index contributed by atoms with van der Waals surface area (Å²) in [6.07, 6.45) is 2.01. The minimum atomic E-state index is -0.391. The van der Waals surface area contributed by atoms with Crippen molar-refractivity contribution in [3.8, 4) is 0 Å². The summed E-state index contributed by atoms with van der Waals surface area (Å²) in [5.41, 5.74) is 2.11. The van der Waals surface area contributed by atoms with Gasteiger partial charge in [0.25, 0.3) is 5.69 Å². The van der Waals surface area contributed by atoms with E-state index in [1.807, 2.05) is 0 Å². The normalized spacial score (nSPS) is 17.9. The van der Waals surface area contributed by atoms with Crippen LogP contribution in [0, 0.1) is 16.0 Å². The average Bonchev–Trinajstić information content (AvgIpc) is 2.37. The summed E-state index contributed by atoms with van der Waals surface area (Å²) < 4.78 is 5.01. The van der Waals surface area contributed by atoms with E-state index < -0.39 is 4.92 Å². The van der Waals surface area contributed by atoms with Crippen LogP contribution in [0.3, 0.4) is 0 Å². The number of benzene rings is 1. The number of carbonyl (C=O) groups excluding carboxylic acids is 1. The van der Waals surface area contributed by atoms with Crippen molar-refractivity contribution in [2.24, 2.45) is 5.92 Å². The lowest BCUT2D eigenvalue weighted by Crippen LogP contribution is -2.24. The van der Waals surface area contributed by atoms with Crippen LogP contribution in [0.25, 0.3) is 0 Å². The van der Waals surface area contributed by atoms with Gasteiger partial charge in [0, 0.05) is 12.1 Å². The molecule has 0 amide bonds. The number of nitrogens with zero attached hydrogens (tertiary/aromatic N) is 1. The van der Waals surface area contributed by atoms with Crippen LogP contribution in [0.1, 0.15) is 24.5 Å². The van der Waals surface area contributed by atoms with E-state index in [9.17, 15) is 14.9 Å². The third-order valence-corrected chi connectivity index (χ3v) is 3.25. The van der Waals surface area contributed by atoms with Crippen molar-refractivity contribution in [2.75, 3.05) is 6.61 Å². The third kappa shape index (κ3) is 2.50. The summed E-state index contributed by atoms with van der Waals surface area (Å²) in [6.45, 7) is 2.18. The van der Waals surface area contributed by atoms with Crippen molar-refractivity contribution in [3.05, 3.63) is 39.4 Å². The van der Waals surface area contributed by atoms with Gasteiger partial charge in [0.2, 0.25) is 0 Å². The Morgan fingerprint density at radius 2 is 2.28 bits per heavy atom. The number of ether oxygens (including phenoxy) is 1. The Balaban J connectivity index is 2.16. The topological polar surface area (TPSA) is 69.4 Å². The number of carbonyl (C=O) groups is 1. The Morgan fingerprint density at radius 1 is 1.50 bits per heavy atom. The summed E-state index contributed by atoms with van der Waals surface area (Å²) in [5.74, 6) is -0.277. The second-order valence-corrected chi connectivity index (χ2v) is 4.40. The van der Waals surface area contributed by atoms with Gasteiger partial charge in [-0.15, -0.1) is 0 Å². The Hall–Kier alpha value is -1.91. The van der Waals surface area contributed by atoms with Crippen LogP contribution in [0.15, 0.2) is 18.2 Å². The van der Waals surface area contributed by atoms with E-state index in [0.717, 1.165) is 11.1 Å². The Labute approximate surface area is 105 Å². The van der Waals surface area contributed by atoms with Gasteiger partial charge in [0.15, 0.2) is 0 Å². The first-order valence-electron chi connectivity index (χ1n) is 6.04. The fraction of sp³-hybridized carbons (Fsp3) is 0.462. The van der Waals surface area contributed by atoms with Crippen LogP contribution in [0.5, 0.6) is 0 Å². The van der Waals surface area contributed by atoms with Crippen LogP contribution in [0.4, 0.5) is 5.69 Å². The van der Waals surface area contributed by atoms with Crippen molar-refractivity contribution < 1.29 is 14.5 Å². The summed E-state index contributed by atoms with van der Waals surface area (Å²) in [4.78, 5) is 21.9. The number of hydrogen-bond donors (Lipinski definition) is 0. The lowest BCUT2D eigenvalue weighted by Gasteiger charge is -2.22. The van der Waals surface area contributed by atoms with Gasteiger partial charge in [-0.1, -0.05) is 6.07 Å². The molecule has 0 saturated carbocycles. The van der Waals surface area contributed by atoms with Gasteiger partial charge < -0.3 is 4.74 Å². The molecule has 1 aromatic carbocycles. The molecule has 1 aliphatic carbocycles. The number of non-ortho nitro benzene ring substituents is 1. The minimum absolute atomic E-state index is 0.112. The molecule has 5 heteroatoms. The lowest BCUT2D eigenvalue weighted by molar-refractivity contribution is -0.384. The van der Waals surface area contributed by atoms with Gasteiger partial charge in [-0.25, -0.2) is 0 Å². The van der Waals surface area contributed by atoms with Gasteiger partial charge >= 0.3 is 5.97 Å². The molecule has 0 spiro atoms. The van der Waals surface area contributed by atoms with E-state index in [1.165, 1.54) is 6.07 Å². The first-order valence-corrected chi connectivity index (χ1v) is 6.04. The van der Waals surface area contributed by atoms with Crippen LogP contribution in [-0.4, -0.2) is 17.5 Å². The first kappa shape index (κ1) is 12.5. The second kappa shape index (κ2) is 5.16. The summed E-state index contributed by atoms with van der Waals surface area (Å²) in [6, 6.07) is 4.85. The second-order valence-electron chi connectivity index (χ2n) is 4.40. The standard InChI is InChI=1S/C13H15NO4/c1-2-18-13(15)11-4-3-10-8-12(14(16)17)6-5-9(10)7-11/h5-6,8,11H,2-4,7H2,1H3. The van der Waals surface area contributed by atoms with Gasteiger partial charge in [0.05, 0.1) is 17.4 Å². The van der Waals surface area contributed by atoms with Gasteiger partial charge in [0.1, 0.15) is 0 Å². The van der Waals surface area contributed by atoms with E-state index in [2.05, 4.69) is 0 Å². The highest BCUT2D eigenvalue weighted by molar-refractivity contribution is 5.73. The Morgan fingerprint density at radius 3 is 2.94 bits per heavy atom. The maximum Gasteiger partial charge on any atom is 0.309 e. The van der Waals surface area contributed by atoms with E-state index in [0.29, 0.717) is 25.9 Å². The highest BCUT2D eigenvalue weighted by Crippen LogP contribution is 2.29. The van der Waals surface area contributed by atoms with Crippen LogP contribution in [0.2, 0.25) is 0 Å². The quantitative estimate of drug-likeness (QED) is 0.468. The smallest absolute Gasteiger partial charge is 0.309 e. The molecule has 0 bridgehead atoms. The average molecular weight is 249 g/mol. The number of esters is 1. The highest BCUT2D eigenvalue weighted by atomic mass is 16.6. The van der Waals surface area contributed by atoms with E-state index >= 15 is 0 Å². The largest absolute Gasteiger partial charge is 0.466 e. The van der Waals surface area contributed by atoms with Gasteiger partial charge in [-0.05, 0) is 37.3 Å². The molecular formula is C13H15NO4. The maximum absolute atomic E-state index is 11.7. The molecule has 1 unspecified atom stereocenters. The molecule has 2 rings (SSSR count). The zero-order valence-corrected chi connectivity index (χ0v) is 10.2. The highest BCUT2D eigenvalue weighted by Gasteiger charge is 2.26. The van der Waals surface area contributed by atoms with E-state index in [4.69, 9.17) is 4.74 Å². The Kier molecular flexibility index (Phi) is 3.60. The molecule has 5 nitrogen and oxygen atoms in total. The molecule has 0 radical (unpaired) electrons. The number of nitro groups is 1. The summed E-state index contributed by atoms with van der Waals surface area (Å²) in [7, 11) is 0. The molecule has 18 heavy (non-hydrogen) atoms. The summed E-state index contributed by atoms with van der Waals surface area (Å²) in [5, 5.41) is 10.7. The maximum atomic E-state index is 11.7. The van der Waals surface area contributed by atoms with Crippen molar-refractivity contribution in [2.45, 2.75) is 26.2 Å². The molecule has 1 aromatic rings. The van der Waals surface area contributed by atoms with Gasteiger partial charge in [-0.3, -0.25) is 14.9 Å². The molecular weight excluding hydrogens is 234 g/mol. The molecule has 0 heterocycles. The Bertz CT molecular complexity index is 484. The fourth-order valence-electron chi connectivity index (χ4n) is 2.32. The monoisotopic (exact) mass is 249 g/mol. The molecule has 0 saturated heterocycles. The zero-order chi connectivity index (χ0) is 13.1. The lowest BCUT2D eigenvalue weighted by atomic mass is 9.84. The molecule has 1 aliphatic rings. The first-order chi connectivity index (χ1) is 8.61. The number of hydrogen-bond acceptors (Lipinski definition) is 4. The zero-order valence-electron chi connectivity index (χ0n) is 10.2. The van der Waals surface area contributed by atoms with Crippen molar-refractivity contribution in [1.82, 2.24) is 0 Å². The molecule has 0 fully saturated rings. The minimum Gasteiger partial charge on any atom is -0.466 e. The molecule has 96 valence electrons. The predicted octanol–water partition coefficient (Wildman–Crippen LogP) is 2.26. The number of rotatable bonds is 3. The van der Waals surface area contributed by atoms with Crippen molar-refractivity contribution >= 4 is 11.7 Å². The van der Waals surface area contributed by atoms with Gasteiger partial charge in [-0.2, -0.15) is 0 Å². The predicted molar refractivity (Wildman–Crippen MR) is 65.2 cm³/mol. The molecule has 0 aliphatic heterocycles. The number of nitro benzene ring substituents is 1. The summed E-state index contributed by atoms with van der Waals surface area (Å²) >= 11 is 0. The van der Waals surface area contributed by atoms with Crippen molar-refractivity contribution in [1.29, 1.82) is 0 Å². The molecule has 1 atom stereocenters. The van der Waals surface area contributed by atoms with E-state index in [-0.39, 0.29) is 17.6 Å². The molecule has 0 aromatic heterocycles. The fourth-order valence-corrected chi connectivity index (χ4v) is 2.32.